The zero-order valence-electron chi connectivity index (χ0n) is 23.0. The topological polar surface area (TPSA) is 83.1 Å². The molecule has 0 bridgehead atoms. The summed E-state index contributed by atoms with van der Waals surface area (Å²) in [4.78, 5) is 15.3. The van der Waals surface area contributed by atoms with Crippen LogP contribution in [0.4, 0.5) is 4.79 Å². The zero-order valence-corrected chi connectivity index (χ0v) is 23.8. The van der Waals surface area contributed by atoms with Crippen molar-refractivity contribution in [2.24, 2.45) is 11.8 Å². The average molecular weight is 538 g/mol. The molecule has 3 atom stereocenters. The SMILES string of the molecule is CNC[C@H](C[C@H]1CC[C@@H](OC)CC1)NC(=O)N1CCC[C@@H]([C@@](O)(CCCCOC)c2cccc(Cl)c2)C1. The molecule has 210 valence electrons. The molecule has 1 aromatic rings. The summed E-state index contributed by atoms with van der Waals surface area (Å²) in [6.07, 6.45) is 9.94. The summed E-state index contributed by atoms with van der Waals surface area (Å²) in [6, 6.07) is 7.63. The highest BCUT2D eigenvalue weighted by molar-refractivity contribution is 6.30. The van der Waals surface area contributed by atoms with Crippen LogP contribution in [0.25, 0.3) is 0 Å². The van der Waals surface area contributed by atoms with Crippen molar-refractivity contribution in [3.05, 3.63) is 34.9 Å². The lowest BCUT2D eigenvalue weighted by Crippen LogP contribution is -2.54. The number of piperidine rings is 1. The summed E-state index contributed by atoms with van der Waals surface area (Å²) >= 11 is 6.32. The maximum Gasteiger partial charge on any atom is 0.317 e. The number of nitrogens with zero attached hydrogens (tertiary/aromatic N) is 1. The molecule has 0 unspecified atom stereocenters. The zero-order chi connectivity index (χ0) is 26.7. The standard InChI is InChI=1S/C29H48ClN3O4/c1-31-20-26(18-22-11-13-27(37-3)14-12-22)32-28(34)33-16-7-9-24(21-33)29(35,15-4-5-17-36-2)23-8-6-10-25(30)19-23/h6,8,10,19,22,24,26-27,31,35H,4-5,7,9,11-18,20-21H2,1-3H3,(H,32,34)/t22-,24-,26+,27+,29-/m1/s1. The number of hydrogen-bond acceptors (Lipinski definition) is 5. The van der Waals surface area contributed by atoms with Crippen molar-refractivity contribution in [2.75, 3.05) is 47.5 Å². The fourth-order valence-electron chi connectivity index (χ4n) is 6.25. The Morgan fingerprint density at radius 1 is 1.22 bits per heavy atom. The van der Waals surface area contributed by atoms with E-state index in [0.29, 0.717) is 43.2 Å². The summed E-state index contributed by atoms with van der Waals surface area (Å²) in [6.45, 7) is 2.66. The van der Waals surface area contributed by atoms with Crippen molar-refractivity contribution in [3.63, 3.8) is 0 Å². The summed E-state index contributed by atoms with van der Waals surface area (Å²) in [5.41, 5.74) is -0.202. The highest BCUT2D eigenvalue weighted by atomic mass is 35.5. The normalized spacial score (nSPS) is 24.9. The van der Waals surface area contributed by atoms with E-state index in [9.17, 15) is 9.90 Å². The monoisotopic (exact) mass is 537 g/mol. The minimum Gasteiger partial charge on any atom is -0.385 e. The molecule has 7 nitrogen and oxygen atoms in total. The van der Waals surface area contributed by atoms with E-state index in [1.807, 2.05) is 36.2 Å². The molecule has 1 aliphatic heterocycles. The van der Waals surface area contributed by atoms with Gasteiger partial charge in [-0.1, -0.05) is 23.7 Å². The van der Waals surface area contributed by atoms with Gasteiger partial charge >= 0.3 is 6.03 Å². The van der Waals surface area contributed by atoms with Gasteiger partial charge in [0, 0.05) is 57.4 Å². The van der Waals surface area contributed by atoms with Gasteiger partial charge in [0.15, 0.2) is 0 Å². The molecule has 0 spiro atoms. The fraction of sp³-hybridized carbons (Fsp3) is 0.759. The minimum absolute atomic E-state index is 0.0247. The summed E-state index contributed by atoms with van der Waals surface area (Å²) in [5.74, 6) is 0.555. The highest BCUT2D eigenvalue weighted by Crippen LogP contribution is 2.40. The van der Waals surface area contributed by atoms with Crippen LogP contribution in [0.5, 0.6) is 0 Å². The number of unbranched alkanes of at least 4 members (excludes halogenated alkanes) is 1. The number of nitrogens with one attached hydrogen (secondary N) is 2. The van der Waals surface area contributed by atoms with Crippen molar-refractivity contribution in [1.29, 1.82) is 0 Å². The van der Waals surface area contributed by atoms with Crippen LogP contribution in [0.3, 0.4) is 0 Å². The Balaban J connectivity index is 1.65. The molecule has 1 saturated heterocycles. The van der Waals surface area contributed by atoms with Crippen molar-refractivity contribution < 1.29 is 19.4 Å². The number of carbonyl (C=O) groups is 1. The second-order valence-electron chi connectivity index (χ2n) is 11.0. The molecule has 0 radical (unpaired) electrons. The maximum atomic E-state index is 13.4. The number of benzene rings is 1. The molecule has 37 heavy (non-hydrogen) atoms. The third-order valence-electron chi connectivity index (χ3n) is 8.39. The first-order chi connectivity index (χ1) is 17.9. The van der Waals surface area contributed by atoms with Crippen LogP contribution >= 0.6 is 11.6 Å². The fourth-order valence-corrected chi connectivity index (χ4v) is 6.44. The third kappa shape index (κ3) is 8.82. The van der Waals surface area contributed by atoms with E-state index in [1.165, 1.54) is 0 Å². The molecular formula is C29H48ClN3O4. The summed E-state index contributed by atoms with van der Waals surface area (Å²) < 4.78 is 10.7. The molecule has 3 rings (SSSR count). The second kappa shape index (κ2) is 15.3. The number of rotatable bonds is 13. The second-order valence-corrected chi connectivity index (χ2v) is 11.4. The Bertz CT molecular complexity index is 820. The Kier molecular flexibility index (Phi) is 12.5. The Hall–Kier alpha value is -1.38. The molecule has 2 aliphatic rings. The van der Waals surface area contributed by atoms with Crippen molar-refractivity contribution in [3.8, 4) is 0 Å². The Morgan fingerprint density at radius 2 is 2.00 bits per heavy atom. The number of amides is 2. The van der Waals surface area contributed by atoms with Gasteiger partial charge < -0.3 is 30.1 Å². The predicted octanol–water partition coefficient (Wildman–Crippen LogP) is 4.95. The summed E-state index contributed by atoms with van der Waals surface area (Å²) in [7, 11) is 5.44. The number of halogens is 1. The number of ether oxygens (including phenoxy) is 2. The first-order valence-electron chi connectivity index (χ1n) is 14.1. The predicted molar refractivity (Wildman–Crippen MR) is 149 cm³/mol. The first kappa shape index (κ1) is 30.2. The van der Waals surface area contributed by atoms with E-state index in [1.54, 1.807) is 14.2 Å². The van der Waals surface area contributed by atoms with Gasteiger partial charge in [-0.05, 0) is 94.9 Å². The number of hydrogen-bond donors (Lipinski definition) is 3. The van der Waals surface area contributed by atoms with Gasteiger partial charge in [-0.2, -0.15) is 0 Å². The number of methoxy groups -OCH3 is 2. The highest BCUT2D eigenvalue weighted by Gasteiger charge is 2.41. The van der Waals surface area contributed by atoms with E-state index in [-0.39, 0.29) is 18.0 Å². The number of likely N-dealkylation sites (tertiary alicyclic amines) is 1. The molecular weight excluding hydrogens is 490 g/mol. The Morgan fingerprint density at radius 3 is 2.68 bits per heavy atom. The largest absolute Gasteiger partial charge is 0.385 e. The van der Waals surface area contributed by atoms with Gasteiger partial charge in [-0.15, -0.1) is 0 Å². The average Bonchev–Trinajstić information content (AvgIpc) is 2.91. The van der Waals surface area contributed by atoms with Crippen molar-refractivity contribution >= 4 is 17.6 Å². The number of urea groups is 1. The van der Waals surface area contributed by atoms with E-state index in [4.69, 9.17) is 21.1 Å². The minimum atomic E-state index is -1.04. The van der Waals surface area contributed by atoms with E-state index in [0.717, 1.165) is 69.9 Å². The van der Waals surface area contributed by atoms with E-state index < -0.39 is 5.60 Å². The molecule has 1 aromatic carbocycles. The number of carbonyl (C=O) groups excluding carboxylic acids is 1. The Labute approximate surface area is 228 Å². The third-order valence-corrected chi connectivity index (χ3v) is 8.62. The van der Waals surface area contributed by atoms with E-state index >= 15 is 0 Å². The van der Waals surface area contributed by atoms with Crippen molar-refractivity contribution in [1.82, 2.24) is 15.5 Å². The van der Waals surface area contributed by atoms with Crippen LogP contribution in [-0.4, -0.2) is 75.7 Å². The molecule has 1 saturated carbocycles. The quantitative estimate of drug-likeness (QED) is 0.310. The number of aliphatic hydroxyl groups is 1. The van der Waals surface area contributed by atoms with Gasteiger partial charge in [0.1, 0.15) is 0 Å². The van der Waals surface area contributed by atoms with Crippen LogP contribution in [0, 0.1) is 11.8 Å². The molecule has 2 fully saturated rings. The van der Waals surface area contributed by atoms with Crippen LogP contribution in [0.1, 0.15) is 69.8 Å². The molecule has 2 amide bonds. The molecule has 1 aliphatic carbocycles. The summed E-state index contributed by atoms with van der Waals surface area (Å²) in [5, 5.41) is 19.3. The lowest BCUT2D eigenvalue weighted by Gasteiger charge is -2.43. The van der Waals surface area contributed by atoms with E-state index in [2.05, 4.69) is 10.6 Å². The van der Waals surface area contributed by atoms with Crippen LogP contribution < -0.4 is 10.6 Å². The maximum absolute atomic E-state index is 13.4. The first-order valence-corrected chi connectivity index (χ1v) is 14.5. The van der Waals surface area contributed by atoms with Gasteiger partial charge in [0.2, 0.25) is 0 Å². The van der Waals surface area contributed by atoms with Crippen LogP contribution in [0.2, 0.25) is 5.02 Å². The molecule has 1 heterocycles. The lowest BCUT2D eigenvalue weighted by molar-refractivity contribution is -0.0564. The molecule has 8 heteroatoms. The van der Waals surface area contributed by atoms with Crippen LogP contribution in [0.15, 0.2) is 24.3 Å². The molecule has 0 aromatic heterocycles. The lowest BCUT2D eigenvalue weighted by atomic mass is 9.74. The number of likely N-dealkylation sites (N-methyl/N-ethyl adjacent to an activating group) is 1. The molecule has 3 N–H and O–H groups in total. The van der Waals surface area contributed by atoms with Gasteiger partial charge in [-0.3, -0.25) is 0 Å². The smallest absolute Gasteiger partial charge is 0.317 e. The van der Waals surface area contributed by atoms with Gasteiger partial charge in [0.25, 0.3) is 0 Å². The van der Waals surface area contributed by atoms with Gasteiger partial charge in [0.05, 0.1) is 11.7 Å². The van der Waals surface area contributed by atoms with Crippen LogP contribution in [-0.2, 0) is 15.1 Å². The van der Waals surface area contributed by atoms with Crippen molar-refractivity contribution in [2.45, 2.75) is 82.0 Å². The van der Waals surface area contributed by atoms with Gasteiger partial charge in [-0.25, -0.2) is 4.79 Å².